The summed E-state index contributed by atoms with van der Waals surface area (Å²) in [6, 6.07) is 9.87. The van der Waals surface area contributed by atoms with E-state index in [1.807, 2.05) is 17.7 Å². The van der Waals surface area contributed by atoms with Crippen molar-refractivity contribution in [1.29, 1.82) is 0 Å². The highest BCUT2D eigenvalue weighted by Gasteiger charge is 2.25. The van der Waals surface area contributed by atoms with Gasteiger partial charge in [-0.05, 0) is 42.0 Å². The lowest BCUT2D eigenvalue weighted by Gasteiger charge is -2.34. The maximum atomic E-state index is 13.1. The van der Waals surface area contributed by atoms with Crippen LogP contribution in [-0.2, 0) is 11.8 Å². The Kier molecular flexibility index (Phi) is 4.38. The number of hydrogen-bond acceptors (Lipinski definition) is 2. The molecular weight excluding hydrogens is 309 g/mol. The van der Waals surface area contributed by atoms with E-state index in [4.69, 9.17) is 0 Å². The molecule has 126 valence electrons. The fraction of sp³-hybridized carbons (Fsp3) is 0.333. The van der Waals surface area contributed by atoms with Crippen LogP contribution in [0.3, 0.4) is 0 Å². The molecule has 0 spiro atoms. The summed E-state index contributed by atoms with van der Waals surface area (Å²) >= 11 is 0. The lowest BCUT2D eigenvalue weighted by atomic mass is 10.1. The normalized spacial score (nSPS) is 14.8. The van der Waals surface area contributed by atoms with Crippen LogP contribution in [-0.4, -0.2) is 52.4 Å². The Labute approximate surface area is 140 Å². The molecule has 0 unspecified atom stereocenters. The molecule has 6 heteroatoms. The van der Waals surface area contributed by atoms with Crippen molar-refractivity contribution >= 4 is 11.8 Å². The average molecular weight is 329 g/mol. The molecule has 1 aromatic carbocycles. The van der Waals surface area contributed by atoms with E-state index in [2.05, 4.69) is 0 Å². The van der Waals surface area contributed by atoms with E-state index in [-0.39, 0.29) is 17.6 Å². The molecule has 1 aromatic heterocycles. The Balaban J connectivity index is 1.77. The van der Waals surface area contributed by atoms with E-state index < -0.39 is 0 Å². The van der Waals surface area contributed by atoms with Gasteiger partial charge in [0.1, 0.15) is 11.5 Å². The standard InChI is InChI=1S/C18H20FN3O2/c1-13(23)21-9-11-22(12-10-21)18(24)17-8-7-16(20(17)2)14-3-5-15(19)6-4-14/h3-8H,9-12H2,1-2H3. The van der Waals surface area contributed by atoms with Crippen LogP contribution in [0.1, 0.15) is 17.4 Å². The molecule has 5 nitrogen and oxygen atoms in total. The molecular formula is C18H20FN3O2. The van der Waals surface area contributed by atoms with Gasteiger partial charge in [-0.3, -0.25) is 9.59 Å². The van der Waals surface area contributed by atoms with Gasteiger partial charge in [0, 0.05) is 45.8 Å². The fourth-order valence-corrected chi connectivity index (χ4v) is 3.02. The van der Waals surface area contributed by atoms with Gasteiger partial charge in [0.15, 0.2) is 0 Å². The SMILES string of the molecule is CC(=O)N1CCN(C(=O)c2ccc(-c3ccc(F)cc3)n2C)CC1. The number of carbonyl (C=O) groups excluding carboxylic acids is 2. The zero-order valence-corrected chi connectivity index (χ0v) is 13.8. The minimum atomic E-state index is -0.285. The molecule has 0 atom stereocenters. The third-order valence-corrected chi connectivity index (χ3v) is 4.49. The average Bonchev–Trinajstić information content (AvgIpc) is 2.96. The van der Waals surface area contributed by atoms with Gasteiger partial charge in [-0.15, -0.1) is 0 Å². The van der Waals surface area contributed by atoms with Gasteiger partial charge >= 0.3 is 0 Å². The van der Waals surface area contributed by atoms with Crippen molar-refractivity contribution in [3.05, 3.63) is 47.9 Å². The largest absolute Gasteiger partial charge is 0.340 e. The van der Waals surface area contributed by atoms with Gasteiger partial charge in [-0.2, -0.15) is 0 Å². The smallest absolute Gasteiger partial charge is 0.270 e. The summed E-state index contributed by atoms with van der Waals surface area (Å²) in [7, 11) is 1.83. The number of amides is 2. The number of benzene rings is 1. The first-order valence-corrected chi connectivity index (χ1v) is 7.94. The predicted octanol–water partition coefficient (Wildman–Crippen LogP) is 2.14. The Morgan fingerprint density at radius 3 is 2.08 bits per heavy atom. The Hall–Kier alpha value is -2.63. The van der Waals surface area contributed by atoms with Gasteiger partial charge in [-0.25, -0.2) is 4.39 Å². The van der Waals surface area contributed by atoms with E-state index in [1.165, 1.54) is 12.1 Å². The molecule has 2 heterocycles. The van der Waals surface area contributed by atoms with Crippen LogP contribution in [0, 0.1) is 5.82 Å². The molecule has 3 rings (SSSR count). The van der Waals surface area contributed by atoms with Crippen LogP contribution < -0.4 is 0 Å². The van der Waals surface area contributed by atoms with Crippen molar-refractivity contribution in [3.63, 3.8) is 0 Å². The topological polar surface area (TPSA) is 45.6 Å². The second-order valence-corrected chi connectivity index (χ2v) is 5.97. The Morgan fingerprint density at radius 1 is 0.917 bits per heavy atom. The lowest BCUT2D eigenvalue weighted by Crippen LogP contribution is -2.50. The van der Waals surface area contributed by atoms with Gasteiger partial charge in [0.25, 0.3) is 5.91 Å². The highest BCUT2D eigenvalue weighted by molar-refractivity contribution is 5.94. The first kappa shape index (κ1) is 16.2. The molecule has 0 radical (unpaired) electrons. The number of halogens is 1. The minimum Gasteiger partial charge on any atom is -0.340 e. The molecule has 1 aliphatic rings. The number of aromatic nitrogens is 1. The molecule has 24 heavy (non-hydrogen) atoms. The van der Waals surface area contributed by atoms with Crippen molar-refractivity contribution in [2.24, 2.45) is 7.05 Å². The molecule has 0 aliphatic carbocycles. The zero-order valence-electron chi connectivity index (χ0n) is 13.8. The van der Waals surface area contributed by atoms with E-state index >= 15 is 0 Å². The lowest BCUT2D eigenvalue weighted by molar-refractivity contribution is -0.130. The van der Waals surface area contributed by atoms with Gasteiger partial charge in [0.2, 0.25) is 5.91 Å². The van der Waals surface area contributed by atoms with Crippen molar-refractivity contribution in [3.8, 4) is 11.3 Å². The maximum absolute atomic E-state index is 13.1. The Bertz CT molecular complexity index is 759. The molecule has 0 N–H and O–H groups in total. The number of rotatable bonds is 2. The predicted molar refractivity (Wildman–Crippen MR) is 89.0 cm³/mol. The molecule has 2 aromatic rings. The highest BCUT2D eigenvalue weighted by Crippen LogP contribution is 2.23. The van der Waals surface area contributed by atoms with Crippen LogP contribution in [0.15, 0.2) is 36.4 Å². The number of carbonyl (C=O) groups is 2. The summed E-state index contributed by atoms with van der Waals surface area (Å²) in [5.74, 6) is -0.291. The van der Waals surface area contributed by atoms with Gasteiger partial charge in [0.05, 0.1) is 0 Å². The molecule has 0 saturated carbocycles. The summed E-state index contributed by atoms with van der Waals surface area (Å²) in [6.07, 6.45) is 0. The quantitative estimate of drug-likeness (QED) is 0.847. The van der Waals surface area contributed by atoms with Crippen LogP contribution >= 0.6 is 0 Å². The summed E-state index contributed by atoms with van der Waals surface area (Å²) in [6.45, 7) is 3.75. The summed E-state index contributed by atoms with van der Waals surface area (Å²) in [5.41, 5.74) is 2.31. The number of hydrogen-bond donors (Lipinski definition) is 0. The monoisotopic (exact) mass is 329 g/mol. The van der Waals surface area contributed by atoms with Crippen LogP contribution in [0.25, 0.3) is 11.3 Å². The van der Waals surface area contributed by atoms with E-state index in [0.29, 0.717) is 31.9 Å². The second-order valence-electron chi connectivity index (χ2n) is 5.97. The van der Waals surface area contributed by atoms with Crippen molar-refractivity contribution in [1.82, 2.24) is 14.4 Å². The molecule has 1 fully saturated rings. The van der Waals surface area contributed by atoms with Crippen molar-refractivity contribution in [2.75, 3.05) is 26.2 Å². The van der Waals surface area contributed by atoms with E-state index in [1.54, 1.807) is 34.9 Å². The Morgan fingerprint density at radius 2 is 1.50 bits per heavy atom. The van der Waals surface area contributed by atoms with Crippen LogP contribution in [0.4, 0.5) is 4.39 Å². The van der Waals surface area contributed by atoms with Crippen molar-refractivity contribution < 1.29 is 14.0 Å². The summed E-state index contributed by atoms with van der Waals surface area (Å²) < 4.78 is 14.9. The zero-order chi connectivity index (χ0) is 17.3. The molecule has 1 aliphatic heterocycles. The number of piperazine rings is 1. The first-order valence-electron chi connectivity index (χ1n) is 7.94. The number of nitrogens with zero attached hydrogens (tertiary/aromatic N) is 3. The van der Waals surface area contributed by atoms with Crippen molar-refractivity contribution in [2.45, 2.75) is 6.92 Å². The van der Waals surface area contributed by atoms with Gasteiger partial charge < -0.3 is 14.4 Å². The third-order valence-electron chi connectivity index (χ3n) is 4.49. The second kappa shape index (κ2) is 6.47. The summed E-state index contributed by atoms with van der Waals surface area (Å²) in [5, 5.41) is 0. The third kappa shape index (κ3) is 3.04. The molecule has 1 saturated heterocycles. The van der Waals surface area contributed by atoms with Gasteiger partial charge in [-0.1, -0.05) is 0 Å². The van der Waals surface area contributed by atoms with E-state index in [9.17, 15) is 14.0 Å². The molecule has 0 bridgehead atoms. The van der Waals surface area contributed by atoms with E-state index in [0.717, 1.165) is 11.3 Å². The maximum Gasteiger partial charge on any atom is 0.270 e. The molecule has 2 amide bonds. The minimum absolute atomic E-state index is 0.0413. The van der Waals surface area contributed by atoms with Crippen LogP contribution in [0.2, 0.25) is 0 Å². The highest BCUT2D eigenvalue weighted by atomic mass is 19.1. The summed E-state index contributed by atoms with van der Waals surface area (Å²) in [4.78, 5) is 27.6. The first-order chi connectivity index (χ1) is 11.5. The fourth-order valence-electron chi connectivity index (χ4n) is 3.02. The van der Waals surface area contributed by atoms with Crippen LogP contribution in [0.5, 0.6) is 0 Å².